The first-order valence-electron chi connectivity index (χ1n) is 7.48. The van der Waals surface area contributed by atoms with Crippen LogP contribution in [0.15, 0.2) is 48.5 Å². The zero-order valence-electron chi connectivity index (χ0n) is 12.8. The van der Waals surface area contributed by atoms with Crippen LogP contribution in [0.2, 0.25) is 0 Å². The minimum atomic E-state index is 0.0910. The summed E-state index contributed by atoms with van der Waals surface area (Å²) in [6, 6.07) is 16.8. The molecule has 0 aliphatic rings. The molecule has 1 atom stereocenters. The van der Waals surface area contributed by atoms with Gasteiger partial charge in [-0.05, 0) is 38.3 Å². The van der Waals surface area contributed by atoms with E-state index in [4.69, 9.17) is 10.6 Å². The lowest BCUT2D eigenvalue weighted by atomic mass is 9.98. The maximum absolute atomic E-state index is 5.76. The van der Waals surface area contributed by atoms with Crippen molar-refractivity contribution in [2.45, 2.75) is 32.7 Å². The first-order valence-corrected chi connectivity index (χ1v) is 7.48. The Balaban J connectivity index is 2.09. The number of hydrogen-bond acceptors (Lipinski definition) is 3. The molecule has 0 aromatic heterocycles. The van der Waals surface area contributed by atoms with E-state index in [0.29, 0.717) is 6.61 Å². The number of benzene rings is 2. The average Bonchev–Trinajstić information content (AvgIpc) is 2.50. The van der Waals surface area contributed by atoms with Crippen molar-refractivity contribution in [1.29, 1.82) is 0 Å². The monoisotopic (exact) mass is 284 g/mol. The van der Waals surface area contributed by atoms with Gasteiger partial charge >= 0.3 is 0 Å². The van der Waals surface area contributed by atoms with E-state index in [-0.39, 0.29) is 6.04 Å². The molecule has 2 aromatic carbocycles. The van der Waals surface area contributed by atoms with Gasteiger partial charge in [0.1, 0.15) is 5.75 Å². The van der Waals surface area contributed by atoms with Gasteiger partial charge in [0.15, 0.2) is 0 Å². The van der Waals surface area contributed by atoms with Crippen molar-refractivity contribution in [3.63, 3.8) is 0 Å². The molecular formula is C18H24N2O. The van der Waals surface area contributed by atoms with Gasteiger partial charge in [-0.2, -0.15) is 0 Å². The van der Waals surface area contributed by atoms with Crippen molar-refractivity contribution in [3.05, 3.63) is 65.2 Å². The summed E-state index contributed by atoms with van der Waals surface area (Å²) < 4.78 is 5.70. The fourth-order valence-corrected chi connectivity index (χ4v) is 2.56. The molecule has 3 heteroatoms. The second-order valence-corrected chi connectivity index (χ2v) is 5.22. The Morgan fingerprint density at radius 3 is 2.67 bits per heavy atom. The number of nitrogens with one attached hydrogen (secondary N) is 1. The van der Waals surface area contributed by atoms with Crippen LogP contribution in [0, 0.1) is 6.92 Å². The molecule has 3 nitrogen and oxygen atoms in total. The highest BCUT2D eigenvalue weighted by molar-refractivity contribution is 5.36. The zero-order chi connectivity index (χ0) is 15.1. The highest BCUT2D eigenvalue weighted by atomic mass is 16.5. The van der Waals surface area contributed by atoms with Gasteiger partial charge < -0.3 is 4.74 Å². The summed E-state index contributed by atoms with van der Waals surface area (Å²) in [5.74, 6) is 6.67. The lowest BCUT2D eigenvalue weighted by Crippen LogP contribution is -2.28. The molecule has 1 unspecified atom stereocenters. The molecule has 0 fully saturated rings. The maximum atomic E-state index is 5.76. The quantitative estimate of drug-likeness (QED) is 0.604. The second-order valence-electron chi connectivity index (χ2n) is 5.22. The van der Waals surface area contributed by atoms with E-state index >= 15 is 0 Å². The Hall–Kier alpha value is -1.84. The van der Waals surface area contributed by atoms with Crippen LogP contribution in [-0.2, 0) is 6.42 Å². The number of ether oxygens (including phenoxy) is 1. The summed E-state index contributed by atoms with van der Waals surface area (Å²) in [7, 11) is 0. The molecular weight excluding hydrogens is 260 g/mol. The largest absolute Gasteiger partial charge is 0.494 e. The summed E-state index contributed by atoms with van der Waals surface area (Å²) >= 11 is 0. The molecule has 2 aromatic rings. The second kappa shape index (κ2) is 7.81. The molecule has 0 saturated heterocycles. The number of hydrogen-bond donors (Lipinski definition) is 2. The zero-order valence-corrected chi connectivity index (χ0v) is 12.8. The molecule has 0 amide bonds. The predicted octanol–water partition coefficient (Wildman–Crippen LogP) is 3.53. The van der Waals surface area contributed by atoms with Gasteiger partial charge in [0.2, 0.25) is 0 Å². The Labute approximate surface area is 127 Å². The van der Waals surface area contributed by atoms with E-state index in [9.17, 15) is 0 Å². The highest BCUT2D eigenvalue weighted by Crippen LogP contribution is 2.27. The van der Waals surface area contributed by atoms with E-state index in [1.54, 1.807) is 0 Å². The van der Waals surface area contributed by atoms with E-state index in [1.807, 2.05) is 25.1 Å². The fourth-order valence-electron chi connectivity index (χ4n) is 2.56. The van der Waals surface area contributed by atoms with Crippen molar-refractivity contribution in [2.24, 2.45) is 5.84 Å². The van der Waals surface area contributed by atoms with Crippen molar-refractivity contribution < 1.29 is 4.74 Å². The Bertz CT molecular complexity index is 569. The van der Waals surface area contributed by atoms with E-state index in [0.717, 1.165) is 24.2 Å². The molecule has 112 valence electrons. The number of nitrogens with two attached hydrogens (primary N) is 1. The van der Waals surface area contributed by atoms with Gasteiger partial charge in [-0.15, -0.1) is 0 Å². The molecule has 0 aliphatic heterocycles. The van der Waals surface area contributed by atoms with Crippen LogP contribution in [0.1, 0.15) is 36.1 Å². The smallest absolute Gasteiger partial charge is 0.124 e. The Morgan fingerprint density at radius 2 is 1.95 bits per heavy atom. The summed E-state index contributed by atoms with van der Waals surface area (Å²) in [5, 5.41) is 0. The lowest BCUT2D eigenvalue weighted by Gasteiger charge is -2.19. The van der Waals surface area contributed by atoms with Gasteiger partial charge in [-0.25, -0.2) is 0 Å². The van der Waals surface area contributed by atoms with Gasteiger partial charge in [0.25, 0.3) is 0 Å². The van der Waals surface area contributed by atoms with Crippen molar-refractivity contribution in [1.82, 2.24) is 5.43 Å². The maximum Gasteiger partial charge on any atom is 0.124 e. The van der Waals surface area contributed by atoms with Crippen molar-refractivity contribution in [3.8, 4) is 5.75 Å². The third kappa shape index (κ3) is 4.31. The first-order chi connectivity index (χ1) is 10.2. The topological polar surface area (TPSA) is 47.3 Å². The van der Waals surface area contributed by atoms with Crippen LogP contribution >= 0.6 is 0 Å². The van der Waals surface area contributed by atoms with Crippen LogP contribution < -0.4 is 16.0 Å². The van der Waals surface area contributed by atoms with Crippen LogP contribution in [-0.4, -0.2) is 6.61 Å². The Morgan fingerprint density at radius 1 is 1.14 bits per heavy atom. The average molecular weight is 284 g/mol. The molecule has 0 aliphatic carbocycles. The third-order valence-corrected chi connectivity index (χ3v) is 3.60. The van der Waals surface area contributed by atoms with Gasteiger partial charge in [-0.3, -0.25) is 11.3 Å². The van der Waals surface area contributed by atoms with Gasteiger partial charge in [0, 0.05) is 11.6 Å². The highest BCUT2D eigenvalue weighted by Gasteiger charge is 2.14. The van der Waals surface area contributed by atoms with Crippen molar-refractivity contribution >= 4 is 0 Å². The lowest BCUT2D eigenvalue weighted by molar-refractivity contribution is 0.330. The first kappa shape index (κ1) is 15.5. The molecule has 0 radical (unpaired) electrons. The minimum Gasteiger partial charge on any atom is -0.494 e. The summed E-state index contributed by atoms with van der Waals surface area (Å²) in [6.45, 7) is 4.77. The molecule has 2 rings (SSSR count). The molecule has 0 spiro atoms. The predicted molar refractivity (Wildman–Crippen MR) is 87.2 cm³/mol. The third-order valence-electron chi connectivity index (χ3n) is 3.60. The van der Waals surface area contributed by atoms with Crippen LogP contribution in [0.25, 0.3) is 0 Å². The number of rotatable bonds is 7. The summed E-state index contributed by atoms with van der Waals surface area (Å²) in [6.07, 6.45) is 1.92. The normalized spacial score (nSPS) is 12.1. The van der Waals surface area contributed by atoms with Crippen LogP contribution in [0.4, 0.5) is 0 Å². The summed E-state index contributed by atoms with van der Waals surface area (Å²) in [5.41, 5.74) is 6.67. The standard InChI is InChI=1S/C18H24N2O/c1-3-21-18-10-5-4-9-16(18)17(20-19)12-11-15-8-6-7-14(2)13-15/h4-10,13,17,20H,3,11-12,19H2,1-2H3. The minimum absolute atomic E-state index is 0.0910. The number of para-hydroxylation sites is 1. The van der Waals surface area contributed by atoms with Crippen LogP contribution in [0.5, 0.6) is 5.75 Å². The SMILES string of the molecule is CCOc1ccccc1C(CCc1cccc(C)c1)NN. The van der Waals surface area contributed by atoms with Gasteiger partial charge in [-0.1, -0.05) is 48.0 Å². The summed E-state index contributed by atoms with van der Waals surface area (Å²) in [4.78, 5) is 0. The van der Waals surface area contributed by atoms with E-state index < -0.39 is 0 Å². The van der Waals surface area contributed by atoms with E-state index in [1.165, 1.54) is 11.1 Å². The Kier molecular flexibility index (Phi) is 5.78. The van der Waals surface area contributed by atoms with Gasteiger partial charge in [0.05, 0.1) is 6.61 Å². The van der Waals surface area contributed by atoms with E-state index in [2.05, 4.69) is 42.7 Å². The fraction of sp³-hybridized carbons (Fsp3) is 0.333. The number of aryl methyl sites for hydroxylation is 2. The van der Waals surface area contributed by atoms with Crippen molar-refractivity contribution in [2.75, 3.05) is 6.61 Å². The molecule has 21 heavy (non-hydrogen) atoms. The molecule has 0 heterocycles. The number of hydrazine groups is 1. The molecule has 0 bridgehead atoms. The molecule has 0 saturated carbocycles. The van der Waals surface area contributed by atoms with Crippen LogP contribution in [0.3, 0.4) is 0 Å². The molecule has 3 N–H and O–H groups in total.